The molecule has 2 heterocycles. The Morgan fingerprint density at radius 1 is 0.656 bits per heavy atom. The summed E-state index contributed by atoms with van der Waals surface area (Å²) in [5.41, 5.74) is 15.0. The number of nitrogens with two attached hydrogens (primary N) is 2. The number of amides is 2. The first-order valence-corrected chi connectivity index (χ1v) is 11.1. The Hall–Kier alpha value is -4.02. The minimum Gasteiger partial charge on any atom is -0.399 e. The number of rotatable bonds is 4. The molecular weight excluding hydrogens is 444 g/mol. The number of anilines is 4. The summed E-state index contributed by atoms with van der Waals surface area (Å²) in [4.78, 5) is 33.9. The molecule has 0 atom stereocenters. The molecule has 0 aliphatic rings. The molecular formula is C22H16N6O2S2. The molecule has 2 aromatic heterocycles. The van der Waals surface area contributed by atoms with Crippen molar-refractivity contribution < 1.29 is 9.59 Å². The van der Waals surface area contributed by atoms with Crippen LogP contribution in [0.15, 0.2) is 60.7 Å². The number of carbonyl (C=O) groups excluding carboxylic acids is 2. The summed E-state index contributed by atoms with van der Waals surface area (Å²) in [5.74, 6) is -0.506. The molecule has 6 N–H and O–H groups in total. The van der Waals surface area contributed by atoms with Gasteiger partial charge in [-0.3, -0.25) is 20.2 Å². The normalized spacial score (nSPS) is 11.0. The van der Waals surface area contributed by atoms with E-state index < -0.39 is 0 Å². The van der Waals surface area contributed by atoms with E-state index >= 15 is 0 Å². The Morgan fingerprint density at radius 3 is 1.41 bits per heavy atom. The van der Waals surface area contributed by atoms with Gasteiger partial charge in [0.25, 0.3) is 11.8 Å². The second-order valence-electron chi connectivity index (χ2n) is 6.98. The Kier molecular flexibility index (Phi) is 4.92. The van der Waals surface area contributed by atoms with Crippen molar-refractivity contribution in [2.75, 3.05) is 22.1 Å². The molecule has 0 aliphatic carbocycles. The first kappa shape index (κ1) is 19.9. The third kappa shape index (κ3) is 3.96. The van der Waals surface area contributed by atoms with Crippen LogP contribution in [-0.2, 0) is 0 Å². The van der Waals surface area contributed by atoms with Crippen LogP contribution in [0.4, 0.5) is 21.6 Å². The summed E-state index contributed by atoms with van der Waals surface area (Å²) in [6.07, 6.45) is 0. The molecule has 5 aromatic rings. The van der Waals surface area contributed by atoms with E-state index in [1.807, 2.05) is 12.1 Å². The highest BCUT2D eigenvalue weighted by atomic mass is 32.1. The fourth-order valence-electron chi connectivity index (χ4n) is 3.06. The highest BCUT2D eigenvalue weighted by molar-refractivity contribution is 7.23. The molecule has 2 amide bonds. The van der Waals surface area contributed by atoms with Crippen molar-refractivity contribution >= 4 is 76.6 Å². The third-order valence-electron chi connectivity index (χ3n) is 4.68. The maximum absolute atomic E-state index is 12.4. The molecule has 10 heteroatoms. The van der Waals surface area contributed by atoms with Crippen LogP contribution in [0.3, 0.4) is 0 Å². The number of hydrogen-bond acceptors (Lipinski definition) is 8. The molecule has 0 fully saturated rings. The third-order valence-corrected chi connectivity index (χ3v) is 6.55. The van der Waals surface area contributed by atoms with Crippen LogP contribution in [0, 0.1) is 0 Å². The quantitative estimate of drug-likeness (QED) is 0.290. The predicted molar refractivity (Wildman–Crippen MR) is 130 cm³/mol. The first-order valence-electron chi connectivity index (χ1n) is 9.49. The number of benzene rings is 3. The lowest BCUT2D eigenvalue weighted by Crippen LogP contribution is -2.11. The zero-order chi connectivity index (χ0) is 22.2. The van der Waals surface area contributed by atoms with Gasteiger partial charge in [-0.05, 0) is 60.7 Å². The van der Waals surface area contributed by atoms with Gasteiger partial charge in [-0.15, -0.1) is 0 Å². The second-order valence-corrected chi connectivity index (χ2v) is 9.04. The van der Waals surface area contributed by atoms with Gasteiger partial charge in [-0.1, -0.05) is 22.7 Å². The molecule has 8 nitrogen and oxygen atoms in total. The van der Waals surface area contributed by atoms with Crippen LogP contribution in [0.25, 0.3) is 20.4 Å². The Labute approximate surface area is 189 Å². The number of nitrogen functional groups attached to an aromatic ring is 2. The van der Waals surface area contributed by atoms with E-state index in [-0.39, 0.29) is 11.8 Å². The zero-order valence-corrected chi connectivity index (χ0v) is 18.1. The summed E-state index contributed by atoms with van der Waals surface area (Å²) in [6, 6.07) is 17.2. The average Bonchev–Trinajstić information content (AvgIpc) is 3.34. The first-order chi connectivity index (χ1) is 15.4. The molecule has 0 saturated heterocycles. The number of carbonyl (C=O) groups is 2. The van der Waals surface area contributed by atoms with Gasteiger partial charge in [-0.25, -0.2) is 9.97 Å². The van der Waals surface area contributed by atoms with Crippen LogP contribution in [0.1, 0.15) is 20.7 Å². The van der Waals surface area contributed by atoms with Crippen LogP contribution < -0.4 is 22.1 Å². The lowest BCUT2D eigenvalue weighted by Gasteiger charge is -2.01. The van der Waals surface area contributed by atoms with Crippen LogP contribution in [0.2, 0.25) is 0 Å². The average molecular weight is 461 g/mol. The van der Waals surface area contributed by atoms with E-state index in [1.54, 1.807) is 48.5 Å². The minimum absolute atomic E-state index is 0.253. The van der Waals surface area contributed by atoms with Gasteiger partial charge < -0.3 is 11.5 Å². The lowest BCUT2D eigenvalue weighted by atomic mass is 10.2. The lowest BCUT2D eigenvalue weighted by molar-refractivity contribution is 0.101. The van der Waals surface area contributed by atoms with Crippen LogP contribution in [0.5, 0.6) is 0 Å². The van der Waals surface area contributed by atoms with Gasteiger partial charge in [0.2, 0.25) is 0 Å². The van der Waals surface area contributed by atoms with Gasteiger partial charge in [0, 0.05) is 22.5 Å². The second kappa shape index (κ2) is 7.91. The van der Waals surface area contributed by atoms with E-state index in [1.165, 1.54) is 22.7 Å². The summed E-state index contributed by atoms with van der Waals surface area (Å²) in [6.45, 7) is 0. The van der Waals surface area contributed by atoms with Crippen molar-refractivity contribution in [1.82, 2.24) is 9.97 Å². The standard InChI is InChI=1S/C22H16N6O2S2/c23-13-5-1-11(2-6-13)19(29)27-21-25-15-9-18-16(10-17(15)31-21)26-22(32-18)28-20(30)12-3-7-14(24)8-4-12/h1-10H,23-24H2,(H,25,27,29)(H,26,28,30). The largest absolute Gasteiger partial charge is 0.399 e. The molecule has 0 radical (unpaired) electrons. The Balaban J connectivity index is 1.36. The van der Waals surface area contributed by atoms with Crippen molar-refractivity contribution in [3.63, 3.8) is 0 Å². The molecule has 0 saturated carbocycles. The molecule has 32 heavy (non-hydrogen) atoms. The molecule has 0 aliphatic heterocycles. The minimum atomic E-state index is -0.253. The Morgan fingerprint density at radius 2 is 1.03 bits per heavy atom. The van der Waals surface area contributed by atoms with Crippen molar-refractivity contribution in [3.8, 4) is 0 Å². The maximum atomic E-state index is 12.4. The highest BCUT2D eigenvalue weighted by Gasteiger charge is 2.14. The number of fused-ring (bicyclic) bond motifs is 2. The molecule has 0 bridgehead atoms. The Bertz CT molecular complexity index is 1310. The fraction of sp³-hybridized carbons (Fsp3) is 0. The maximum Gasteiger partial charge on any atom is 0.257 e. The highest BCUT2D eigenvalue weighted by Crippen LogP contribution is 2.34. The van der Waals surface area contributed by atoms with Gasteiger partial charge in [0.15, 0.2) is 10.3 Å². The van der Waals surface area contributed by atoms with Crippen molar-refractivity contribution in [2.24, 2.45) is 0 Å². The van der Waals surface area contributed by atoms with E-state index in [9.17, 15) is 9.59 Å². The van der Waals surface area contributed by atoms with Crippen LogP contribution in [-0.4, -0.2) is 21.8 Å². The molecule has 0 unspecified atom stereocenters. The molecule has 5 rings (SSSR count). The predicted octanol–water partition coefficient (Wildman–Crippen LogP) is 4.58. The summed E-state index contributed by atoms with van der Waals surface area (Å²) in [5, 5.41) is 6.63. The van der Waals surface area contributed by atoms with Crippen LogP contribution >= 0.6 is 22.7 Å². The van der Waals surface area contributed by atoms with E-state index in [2.05, 4.69) is 20.6 Å². The topological polar surface area (TPSA) is 136 Å². The molecule has 3 aromatic carbocycles. The molecule has 158 valence electrons. The summed E-state index contributed by atoms with van der Waals surface area (Å²) < 4.78 is 1.76. The monoisotopic (exact) mass is 460 g/mol. The van der Waals surface area contributed by atoms with Crippen molar-refractivity contribution in [2.45, 2.75) is 0 Å². The number of aromatic nitrogens is 2. The summed E-state index contributed by atoms with van der Waals surface area (Å²) in [7, 11) is 0. The SMILES string of the molecule is Nc1ccc(C(=O)Nc2nc3cc4sc(NC(=O)c5ccc(N)cc5)nc4cc3s2)cc1. The van der Waals surface area contributed by atoms with Gasteiger partial charge in [0.05, 0.1) is 20.4 Å². The number of nitrogens with one attached hydrogen (secondary N) is 2. The number of nitrogens with zero attached hydrogens (tertiary/aromatic N) is 2. The van der Waals surface area contributed by atoms with E-state index in [0.29, 0.717) is 32.8 Å². The molecule has 0 spiro atoms. The van der Waals surface area contributed by atoms with E-state index in [0.717, 1.165) is 20.4 Å². The van der Waals surface area contributed by atoms with E-state index in [4.69, 9.17) is 11.5 Å². The fourth-order valence-corrected chi connectivity index (χ4v) is 4.82. The zero-order valence-electron chi connectivity index (χ0n) is 16.5. The van der Waals surface area contributed by atoms with Gasteiger partial charge in [-0.2, -0.15) is 0 Å². The number of hydrogen-bond donors (Lipinski definition) is 4. The van der Waals surface area contributed by atoms with Crippen molar-refractivity contribution in [3.05, 3.63) is 71.8 Å². The van der Waals surface area contributed by atoms with Gasteiger partial charge in [0.1, 0.15) is 0 Å². The smallest absolute Gasteiger partial charge is 0.257 e. The number of thiazole rings is 2. The van der Waals surface area contributed by atoms with Crippen molar-refractivity contribution in [1.29, 1.82) is 0 Å². The summed E-state index contributed by atoms with van der Waals surface area (Å²) >= 11 is 2.71. The van der Waals surface area contributed by atoms with Gasteiger partial charge >= 0.3 is 0 Å².